The van der Waals surface area contributed by atoms with Crippen LogP contribution in [0.5, 0.6) is 0 Å². The fourth-order valence-electron chi connectivity index (χ4n) is 3.62. The molecule has 2 amide bonds. The standard InChI is InChI=1S/C21H26N6O2S.C2HF3O2/c1-14(2)25-9-11-26(12-10-25)20(29)18-16-7-5-6-8-27(16)19(23-18)17-13-22-21(30-17)24(4)15(3)28;3-2(4,5)1(6)7/h5-8,13-14H,9-12H2,1-4H3;(H,6,7). The number of hydrogen-bond donors (Lipinski definition) is 1. The fourth-order valence-corrected chi connectivity index (χ4v) is 4.53. The Morgan fingerprint density at radius 3 is 2.30 bits per heavy atom. The number of imidazole rings is 1. The van der Waals surface area contributed by atoms with E-state index < -0.39 is 12.1 Å². The molecule has 1 fully saturated rings. The quantitative estimate of drug-likeness (QED) is 0.541. The van der Waals surface area contributed by atoms with Crippen molar-refractivity contribution in [2.45, 2.75) is 33.0 Å². The monoisotopic (exact) mass is 540 g/mol. The van der Waals surface area contributed by atoms with E-state index in [0.29, 0.717) is 35.8 Å². The zero-order chi connectivity index (χ0) is 27.5. The average molecular weight is 541 g/mol. The highest BCUT2D eigenvalue weighted by atomic mass is 32.1. The SMILES string of the molecule is CC(=O)N(C)c1ncc(-c2nc(C(=O)N3CCN(C(C)C)CC3)c3ccccn23)s1.O=C(O)C(F)(F)F. The van der Waals surface area contributed by atoms with Gasteiger partial charge in [-0.2, -0.15) is 13.2 Å². The number of thiazole rings is 1. The van der Waals surface area contributed by atoms with Gasteiger partial charge >= 0.3 is 12.1 Å². The Kier molecular flexibility index (Phi) is 8.53. The van der Waals surface area contributed by atoms with E-state index in [0.717, 1.165) is 23.5 Å². The molecule has 1 N–H and O–H groups in total. The number of nitrogens with zero attached hydrogens (tertiary/aromatic N) is 6. The number of carbonyl (C=O) groups excluding carboxylic acids is 2. The van der Waals surface area contributed by atoms with Crippen molar-refractivity contribution >= 4 is 39.8 Å². The number of carbonyl (C=O) groups is 3. The van der Waals surface area contributed by atoms with Crippen LogP contribution in [-0.2, 0) is 9.59 Å². The molecule has 0 radical (unpaired) electrons. The number of alkyl halides is 3. The molecule has 1 aliphatic heterocycles. The van der Waals surface area contributed by atoms with Crippen molar-refractivity contribution < 1.29 is 32.7 Å². The molecule has 0 spiro atoms. The normalized spacial score (nSPS) is 14.4. The van der Waals surface area contributed by atoms with Gasteiger partial charge in [-0.05, 0) is 26.0 Å². The van der Waals surface area contributed by atoms with Gasteiger partial charge in [-0.25, -0.2) is 14.8 Å². The molecule has 1 aliphatic rings. The topological polar surface area (TPSA) is 111 Å². The summed E-state index contributed by atoms with van der Waals surface area (Å²) in [6, 6.07) is 6.22. The molecule has 37 heavy (non-hydrogen) atoms. The lowest BCUT2D eigenvalue weighted by atomic mass is 10.2. The Balaban J connectivity index is 0.000000479. The number of pyridine rings is 1. The number of aliphatic carboxylic acids is 1. The largest absolute Gasteiger partial charge is 0.490 e. The summed E-state index contributed by atoms with van der Waals surface area (Å²) < 4.78 is 33.7. The first-order valence-electron chi connectivity index (χ1n) is 11.3. The maximum absolute atomic E-state index is 13.3. The minimum absolute atomic E-state index is 0.0426. The number of carboxylic acids is 1. The van der Waals surface area contributed by atoms with Crippen LogP contribution in [0.3, 0.4) is 0 Å². The van der Waals surface area contributed by atoms with Crippen molar-refractivity contribution in [2.75, 3.05) is 38.1 Å². The fraction of sp³-hybridized carbons (Fsp3) is 0.435. The summed E-state index contributed by atoms with van der Waals surface area (Å²) in [5.74, 6) is -2.22. The molecule has 0 aliphatic carbocycles. The van der Waals surface area contributed by atoms with Crippen LogP contribution in [0.25, 0.3) is 16.2 Å². The zero-order valence-electron chi connectivity index (χ0n) is 20.7. The summed E-state index contributed by atoms with van der Waals surface area (Å²) in [4.78, 5) is 49.5. The molecule has 3 aromatic heterocycles. The van der Waals surface area contributed by atoms with Crippen LogP contribution in [0.1, 0.15) is 31.3 Å². The average Bonchev–Trinajstić information content (AvgIpc) is 3.48. The predicted octanol–water partition coefficient (Wildman–Crippen LogP) is 3.24. The Morgan fingerprint density at radius 1 is 1.14 bits per heavy atom. The van der Waals surface area contributed by atoms with Crippen LogP contribution >= 0.6 is 11.3 Å². The Morgan fingerprint density at radius 2 is 1.76 bits per heavy atom. The van der Waals surface area contributed by atoms with Crippen LogP contribution in [0, 0.1) is 0 Å². The van der Waals surface area contributed by atoms with E-state index >= 15 is 0 Å². The summed E-state index contributed by atoms with van der Waals surface area (Å²) in [5.41, 5.74) is 1.23. The van der Waals surface area contributed by atoms with E-state index in [-0.39, 0.29) is 11.8 Å². The molecule has 3 aromatic rings. The highest BCUT2D eigenvalue weighted by molar-refractivity contribution is 7.19. The second kappa shape index (κ2) is 11.3. The molecule has 1 saturated heterocycles. The van der Waals surface area contributed by atoms with Gasteiger partial charge in [0.25, 0.3) is 5.91 Å². The van der Waals surface area contributed by atoms with E-state index in [2.05, 4.69) is 23.7 Å². The lowest BCUT2D eigenvalue weighted by molar-refractivity contribution is -0.192. The number of fused-ring (bicyclic) bond motifs is 1. The van der Waals surface area contributed by atoms with Gasteiger partial charge in [0.05, 0.1) is 16.6 Å². The lowest BCUT2D eigenvalue weighted by Crippen LogP contribution is -2.50. The molecule has 10 nitrogen and oxygen atoms in total. The van der Waals surface area contributed by atoms with Crippen molar-refractivity contribution in [3.05, 3.63) is 36.3 Å². The van der Waals surface area contributed by atoms with Gasteiger partial charge in [-0.3, -0.25) is 23.8 Å². The molecule has 0 bridgehead atoms. The number of carboxylic acid groups (broad SMARTS) is 1. The van der Waals surface area contributed by atoms with Crippen LogP contribution in [-0.4, -0.2) is 92.5 Å². The number of amides is 2. The van der Waals surface area contributed by atoms with Gasteiger partial charge in [0.1, 0.15) is 0 Å². The van der Waals surface area contributed by atoms with Crippen LogP contribution in [0.15, 0.2) is 30.6 Å². The van der Waals surface area contributed by atoms with Crippen LogP contribution in [0.2, 0.25) is 0 Å². The Labute approximate surface area is 214 Å². The molecular weight excluding hydrogens is 513 g/mol. The molecule has 0 saturated carbocycles. The van der Waals surface area contributed by atoms with Crippen molar-refractivity contribution in [3.8, 4) is 10.7 Å². The van der Waals surface area contributed by atoms with E-state index in [1.165, 1.54) is 23.2 Å². The molecule has 200 valence electrons. The van der Waals surface area contributed by atoms with E-state index in [1.807, 2.05) is 33.7 Å². The second-order valence-electron chi connectivity index (χ2n) is 8.55. The number of halogens is 3. The first-order chi connectivity index (χ1) is 17.3. The molecule has 14 heteroatoms. The second-order valence-corrected chi connectivity index (χ2v) is 9.56. The van der Waals surface area contributed by atoms with E-state index in [4.69, 9.17) is 14.9 Å². The Hall–Kier alpha value is -3.52. The molecule has 0 unspecified atom stereocenters. The van der Waals surface area contributed by atoms with Gasteiger partial charge in [0.15, 0.2) is 16.6 Å². The third-order valence-corrected chi connectivity index (χ3v) is 6.87. The maximum Gasteiger partial charge on any atom is 0.490 e. The molecular formula is C23H27F3N6O4S. The van der Waals surface area contributed by atoms with Crippen LogP contribution in [0.4, 0.5) is 18.3 Å². The molecule has 0 aromatic carbocycles. The highest BCUT2D eigenvalue weighted by Gasteiger charge is 2.38. The number of piperazine rings is 1. The van der Waals surface area contributed by atoms with Crippen molar-refractivity contribution in [2.24, 2.45) is 0 Å². The third-order valence-electron chi connectivity index (χ3n) is 5.80. The number of aromatic nitrogens is 3. The summed E-state index contributed by atoms with van der Waals surface area (Å²) >= 11 is 1.38. The highest BCUT2D eigenvalue weighted by Crippen LogP contribution is 2.32. The predicted molar refractivity (Wildman–Crippen MR) is 132 cm³/mol. The van der Waals surface area contributed by atoms with Gasteiger partial charge in [0.2, 0.25) is 5.91 Å². The summed E-state index contributed by atoms with van der Waals surface area (Å²) in [6.07, 6.45) is -1.48. The van der Waals surface area contributed by atoms with Crippen molar-refractivity contribution in [3.63, 3.8) is 0 Å². The minimum atomic E-state index is -5.08. The van der Waals surface area contributed by atoms with Gasteiger partial charge < -0.3 is 10.0 Å². The van der Waals surface area contributed by atoms with Crippen molar-refractivity contribution in [1.29, 1.82) is 0 Å². The lowest BCUT2D eigenvalue weighted by Gasteiger charge is -2.36. The van der Waals surface area contributed by atoms with Gasteiger partial charge in [-0.1, -0.05) is 17.4 Å². The summed E-state index contributed by atoms with van der Waals surface area (Å²) in [6.45, 7) is 9.01. The smallest absolute Gasteiger partial charge is 0.475 e. The number of rotatable bonds is 4. The number of hydrogen-bond acceptors (Lipinski definition) is 7. The molecule has 0 atom stereocenters. The number of anilines is 1. The Bertz CT molecular complexity index is 1280. The summed E-state index contributed by atoms with van der Waals surface area (Å²) in [7, 11) is 1.69. The minimum Gasteiger partial charge on any atom is -0.475 e. The molecule has 4 rings (SSSR count). The maximum atomic E-state index is 13.3. The summed E-state index contributed by atoms with van der Waals surface area (Å²) in [5, 5.41) is 7.72. The third kappa shape index (κ3) is 6.43. The van der Waals surface area contributed by atoms with Gasteiger partial charge in [0, 0.05) is 52.4 Å². The molecule has 4 heterocycles. The zero-order valence-corrected chi connectivity index (χ0v) is 21.5. The van der Waals surface area contributed by atoms with E-state index in [9.17, 15) is 22.8 Å². The van der Waals surface area contributed by atoms with Crippen LogP contribution < -0.4 is 4.90 Å². The first-order valence-corrected chi connectivity index (χ1v) is 12.1. The van der Waals surface area contributed by atoms with E-state index in [1.54, 1.807) is 13.2 Å². The van der Waals surface area contributed by atoms with Gasteiger partial charge in [-0.15, -0.1) is 0 Å². The van der Waals surface area contributed by atoms with Crippen molar-refractivity contribution in [1.82, 2.24) is 24.2 Å². The first kappa shape index (κ1) is 28.1.